The summed E-state index contributed by atoms with van der Waals surface area (Å²) < 4.78 is 0. The number of nitrogens with zero attached hydrogens (tertiary/aromatic N) is 2. The molecular formula is C15H27Cl2N3OS. The average molecular weight is 368 g/mol. The first-order valence-corrected chi connectivity index (χ1v) is 8.38. The zero-order valence-corrected chi connectivity index (χ0v) is 15.9. The molecule has 1 aromatic heterocycles. The second-order valence-corrected chi connectivity index (χ2v) is 7.09. The van der Waals surface area contributed by atoms with Gasteiger partial charge in [0.1, 0.15) is 5.69 Å². The summed E-state index contributed by atoms with van der Waals surface area (Å²) in [7, 11) is 0. The maximum Gasteiger partial charge on any atom is 0.273 e. The Morgan fingerprint density at radius 3 is 2.68 bits per heavy atom. The minimum Gasteiger partial charge on any atom is -0.333 e. The van der Waals surface area contributed by atoms with Crippen LogP contribution in [0.25, 0.3) is 0 Å². The monoisotopic (exact) mass is 367 g/mol. The molecular weight excluding hydrogens is 341 g/mol. The van der Waals surface area contributed by atoms with E-state index in [0.29, 0.717) is 11.6 Å². The molecule has 2 heterocycles. The molecule has 4 nitrogen and oxygen atoms in total. The first-order valence-electron chi connectivity index (χ1n) is 7.50. The van der Waals surface area contributed by atoms with Crippen LogP contribution in [0.1, 0.15) is 55.5 Å². The quantitative estimate of drug-likeness (QED) is 0.885. The van der Waals surface area contributed by atoms with Crippen molar-refractivity contribution in [3.05, 3.63) is 16.1 Å². The van der Waals surface area contributed by atoms with E-state index in [9.17, 15) is 4.79 Å². The number of carbonyl (C=O) groups excluding carboxylic acids is 1. The van der Waals surface area contributed by atoms with Gasteiger partial charge in [0.15, 0.2) is 0 Å². The molecule has 0 bridgehead atoms. The van der Waals surface area contributed by atoms with Crippen LogP contribution in [0.3, 0.4) is 0 Å². The molecule has 2 unspecified atom stereocenters. The fraction of sp³-hybridized carbons (Fsp3) is 0.733. The molecule has 128 valence electrons. The topological polar surface area (TPSA) is 59.2 Å². The van der Waals surface area contributed by atoms with Crippen LogP contribution in [0.4, 0.5) is 0 Å². The van der Waals surface area contributed by atoms with Gasteiger partial charge in [-0.15, -0.1) is 36.2 Å². The molecule has 1 saturated heterocycles. The van der Waals surface area contributed by atoms with Crippen molar-refractivity contribution >= 4 is 42.1 Å². The Kier molecular flexibility index (Phi) is 9.55. The standard InChI is InChI=1S/C15H25N3OS.2ClH/c1-10(2)8-14-17-12(9-20-14)15(19)18-7-5-4-6-13(18)11(3)16;;/h9-11,13H,4-8,16H2,1-3H3;2*1H. The van der Waals surface area contributed by atoms with Crippen LogP contribution >= 0.6 is 36.2 Å². The molecule has 0 aliphatic carbocycles. The van der Waals surface area contributed by atoms with Crippen LogP contribution in [0.2, 0.25) is 0 Å². The predicted molar refractivity (Wildman–Crippen MR) is 97.5 cm³/mol. The number of hydrogen-bond donors (Lipinski definition) is 1. The van der Waals surface area contributed by atoms with Gasteiger partial charge < -0.3 is 10.6 Å². The summed E-state index contributed by atoms with van der Waals surface area (Å²) in [6.07, 6.45) is 4.17. The summed E-state index contributed by atoms with van der Waals surface area (Å²) in [6.45, 7) is 7.13. The number of aromatic nitrogens is 1. The molecule has 1 aliphatic heterocycles. The zero-order chi connectivity index (χ0) is 14.7. The van der Waals surface area contributed by atoms with Crippen molar-refractivity contribution < 1.29 is 4.79 Å². The van der Waals surface area contributed by atoms with E-state index < -0.39 is 0 Å². The predicted octanol–water partition coefficient (Wildman–Crippen LogP) is 3.53. The minimum atomic E-state index is 0. The highest BCUT2D eigenvalue weighted by molar-refractivity contribution is 7.09. The van der Waals surface area contributed by atoms with Crippen molar-refractivity contribution in [1.29, 1.82) is 0 Å². The fourth-order valence-corrected chi connectivity index (χ4v) is 3.74. The second-order valence-electron chi connectivity index (χ2n) is 6.15. The first kappa shape index (κ1) is 21.6. The van der Waals surface area contributed by atoms with E-state index >= 15 is 0 Å². The maximum absolute atomic E-state index is 12.6. The molecule has 2 rings (SSSR count). The van der Waals surface area contributed by atoms with E-state index in [1.165, 1.54) is 0 Å². The van der Waals surface area contributed by atoms with Gasteiger partial charge >= 0.3 is 0 Å². The summed E-state index contributed by atoms with van der Waals surface area (Å²) >= 11 is 1.59. The molecule has 22 heavy (non-hydrogen) atoms. The van der Waals surface area contributed by atoms with Gasteiger partial charge in [0.05, 0.1) is 5.01 Å². The molecule has 1 aromatic rings. The Morgan fingerprint density at radius 1 is 1.41 bits per heavy atom. The Bertz CT molecular complexity index is 465. The molecule has 0 saturated carbocycles. The molecule has 1 fully saturated rings. The third-order valence-corrected chi connectivity index (χ3v) is 4.64. The van der Waals surface area contributed by atoms with Gasteiger partial charge in [0.25, 0.3) is 5.91 Å². The Hall–Kier alpha value is -0.360. The summed E-state index contributed by atoms with van der Waals surface area (Å²) in [5.74, 6) is 0.620. The van der Waals surface area contributed by atoms with Crippen molar-refractivity contribution in [3.8, 4) is 0 Å². The number of hydrogen-bond acceptors (Lipinski definition) is 4. The van der Waals surface area contributed by atoms with Gasteiger partial charge in [-0.1, -0.05) is 13.8 Å². The van der Waals surface area contributed by atoms with Crippen molar-refractivity contribution in [1.82, 2.24) is 9.88 Å². The van der Waals surface area contributed by atoms with Gasteiger partial charge in [-0.3, -0.25) is 4.79 Å². The normalized spacial score (nSPS) is 19.3. The largest absolute Gasteiger partial charge is 0.333 e. The first-order chi connectivity index (χ1) is 9.49. The van der Waals surface area contributed by atoms with Crippen molar-refractivity contribution in [3.63, 3.8) is 0 Å². The molecule has 0 aromatic carbocycles. The van der Waals surface area contributed by atoms with Crippen LogP contribution in [0.5, 0.6) is 0 Å². The molecule has 2 N–H and O–H groups in total. The lowest BCUT2D eigenvalue weighted by atomic mass is 9.96. The van der Waals surface area contributed by atoms with Crippen LogP contribution < -0.4 is 5.73 Å². The highest BCUT2D eigenvalue weighted by atomic mass is 35.5. The van der Waals surface area contributed by atoms with E-state index in [1.807, 2.05) is 17.2 Å². The second kappa shape index (κ2) is 9.71. The van der Waals surface area contributed by atoms with Crippen molar-refractivity contribution in [2.45, 2.75) is 58.5 Å². The number of nitrogens with two attached hydrogens (primary N) is 1. The third kappa shape index (κ3) is 5.37. The van der Waals surface area contributed by atoms with E-state index in [2.05, 4.69) is 18.8 Å². The lowest BCUT2D eigenvalue weighted by Crippen LogP contribution is -2.51. The minimum absolute atomic E-state index is 0. The zero-order valence-electron chi connectivity index (χ0n) is 13.4. The van der Waals surface area contributed by atoms with E-state index in [1.54, 1.807) is 11.3 Å². The van der Waals surface area contributed by atoms with E-state index in [0.717, 1.165) is 37.2 Å². The number of likely N-dealkylation sites (tertiary alicyclic amines) is 1. The molecule has 1 aliphatic rings. The lowest BCUT2D eigenvalue weighted by Gasteiger charge is -2.37. The number of carbonyl (C=O) groups is 1. The molecule has 1 amide bonds. The Labute approximate surface area is 149 Å². The van der Waals surface area contributed by atoms with Crippen LogP contribution in [-0.4, -0.2) is 34.4 Å². The highest BCUT2D eigenvalue weighted by Crippen LogP contribution is 2.23. The summed E-state index contributed by atoms with van der Waals surface area (Å²) in [5.41, 5.74) is 6.63. The number of thiazole rings is 1. The van der Waals surface area contributed by atoms with Crippen molar-refractivity contribution in [2.75, 3.05) is 6.54 Å². The number of halogens is 2. The van der Waals surface area contributed by atoms with Gasteiger partial charge in [-0.05, 0) is 32.1 Å². The van der Waals surface area contributed by atoms with Crippen LogP contribution in [0.15, 0.2) is 5.38 Å². The molecule has 0 radical (unpaired) electrons. The van der Waals surface area contributed by atoms with Crippen molar-refractivity contribution in [2.24, 2.45) is 11.7 Å². The third-order valence-electron chi connectivity index (χ3n) is 3.77. The lowest BCUT2D eigenvalue weighted by molar-refractivity contribution is 0.0578. The van der Waals surface area contributed by atoms with Gasteiger partial charge in [-0.2, -0.15) is 0 Å². The van der Waals surface area contributed by atoms with Gasteiger partial charge in [0, 0.05) is 30.4 Å². The fourth-order valence-electron chi connectivity index (χ4n) is 2.76. The highest BCUT2D eigenvalue weighted by Gasteiger charge is 2.30. The molecule has 2 atom stereocenters. The molecule has 0 spiro atoms. The smallest absolute Gasteiger partial charge is 0.273 e. The summed E-state index contributed by atoms with van der Waals surface area (Å²) in [5, 5.41) is 2.95. The van der Waals surface area contributed by atoms with Crippen LogP contribution in [-0.2, 0) is 6.42 Å². The maximum atomic E-state index is 12.6. The number of amides is 1. The van der Waals surface area contributed by atoms with E-state index in [-0.39, 0.29) is 42.8 Å². The van der Waals surface area contributed by atoms with Gasteiger partial charge in [-0.25, -0.2) is 4.98 Å². The number of piperidine rings is 1. The number of rotatable bonds is 4. The van der Waals surface area contributed by atoms with E-state index in [4.69, 9.17) is 5.73 Å². The summed E-state index contributed by atoms with van der Waals surface area (Å²) in [6, 6.07) is 0.180. The summed E-state index contributed by atoms with van der Waals surface area (Å²) in [4.78, 5) is 19.1. The average Bonchev–Trinajstić information content (AvgIpc) is 2.85. The Morgan fingerprint density at radius 2 is 2.09 bits per heavy atom. The van der Waals surface area contributed by atoms with Gasteiger partial charge in [0.2, 0.25) is 0 Å². The molecule has 7 heteroatoms. The SMILES string of the molecule is CC(C)Cc1nc(C(=O)N2CCCCC2C(C)N)cs1.Cl.Cl. The van der Waals surface area contributed by atoms with Crippen LogP contribution in [0, 0.1) is 5.92 Å². The Balaban J connectivity index is 0.00000220.